The number of benzene rings is 2. The van der Waals surface area contributed by atoms with Gasteiger partial charge < -0.3 is 10.2 Å². The number of likely N-dealkylation sites (N-methyl/N-ethyl adjacent to an activating group) is 1. The average molecular weight is 359 g/mol. The molecule has 132 valence electrons. The van der Waals surface area contributed by atoms with Gasteiger partial charge in [-0.05, 0) is 37.1 Å². The quantitative estimate of drug-likeness (QED) is 0.860. The molecule has 2 amide bonds. The summed E-state index contributed by atoms with van der Waals surface area (Å²) >= 11 is 6.00. The molecule has 0 unspecified atom stereocenters. The summed E-state index contributed by atoms with van der Waals surface area (Å²) in [5, 5.41) is 3.21. The van der Waals surface area contributed by atoms with Crippen LogP contribution in [0, 0.1) is 6.92 Å². The Hall–Kier alpha value is -2.33. The molecule has 0 aliphatic rings. The van der Waals surface area contributed by atoms with E-state index in [-0.39, 0.29) is 18.2 Å². The molecule has 2 aromatic rings. The third kappa shape index (κ3) is 5.33. The van der Waals surface area contributed by atoms with Gasteiger partial charge in [-0.2, -0.15) is 0 Å². The van der Waals surface area contributed by atoms with Crippen LogP contribution in [0.3, 0.4) is 0 Å². The van der Waals surface area contributed by atoms with Crippen molar-refractivity contribution < 1.29 is 9.59 Å². The second kappa shape index (κ2) is 8.67. The van der Waals surface area contributed by atoms with E-state index in [0.717, 1.165) is 16.7 Å². The van der Waals surface area contributed by atoms with Crippen molar-refractivity contribution in [3.8, 4) is 0 Å². The number of carbonyl (C=O) groups excluding carboxylic acids is 2. The maximum absolute atomic E-state index is 12.9. The molecule has 0 fully saturated rings. The van der Waals surface area contributed by atoms with Gasteiger partial charge in [0.05, 0.1) is 6.42 Å². The molecule has 0 saturated heterocycles. The monoisotopic (exact) mass is 358 g/mol. The van der Waals surface area contributed by atoms with Crippen LogP contribution in [0.15, 0.2) is 48.5 Å². The van der Waals surface area contributed by atoms with Gasteiger partial charge in [0.25, 0.3) is 0 Å². The second-order valence-corrected chi connectivity index (χ2v) is 6.54. The highest BCUT2D eigenvalue weighted by molar-refractivity contribution is 6.30. The third-order valence-electron chi connectivity index (χ3n) is 4.13. The Bertz CT molecular complexity index is 744. The minimum Gasteiger partial charge on any atom is -0.357 e. The Kier molecular flexibility index (Phi) is 6.59. The fourth-order valence-corrected chi connectivity index (χ4v) is 2.82. The van der Waals surface area contributed by atoms with Crippen LogP contribution >= 0.6 is 11.6 Å². The summed E-state index contributed by atoms with van der Waals surface area (Å²) in [7, 11) is 1.57. The van der Waals surface area contributed by atoms with Crippen LogP contribution in [0.1, 0.15) is 23.6 Å². The van der Waals surface area contributed by atoms with Gasteiger partial charge in [-0.1, -0.05) is 53.6 Å². The van der Waals surface area contributed by atoms with E-state index in [0.29, 0.717) is 11.6 Å². The van der Waals surface area contributed by atoms with Gasteiger partial charge in [0, 0.05) is 18.6 Å². The highest BCUT2D eigenvalue weighted by atomic mass is 35.5. The molecule has 1 atom stereocenters. The van der Waals surface area contributed by atoms with E-state index in [1.807, 2.05) is 43.3 Å². The van der Waals surface area contributed by atoms with Crippen molar-refractivity contribution in [2.45, 2.75) is 32.9 Å². The number of nitrogens with zero attached hydrogens (tertiary/aromatic N) is 1. The first kappa shape index (κ1) is 19.0. The van der Waals surface area contributed by atoms with Crippen LogP contribution in [-0.4, -0.2) is 29.8 Å². The van der Waals surface area contributed by atoms with E-state index < -0.39 is 6.04 Å². The van der Waals surface area contributed by atoms with E-state index in [9.17, 15) is 9.59 Å². The molecule has 0 heterocycles. The maximum atomic E-state index is 12.9. The Morgan fingerprint density at radius 3 is 2.40 bits per heavy atom. The van der Waals surface area contributed by atoms with Crippen LogP contribution in [0.5, 0.6) is 0 Å². The highest BCUT2D eigenvalue weighted by Crippen LogP contribution is 2.15. The molecule has 0 aliphatic carbocycles. The maximum Gasteiger partial charge on any atom is 0.242 e. The number of nitrogens with one attached hydrogen (secondary N) is 1. The van der Waals surface area contributed by atoms with E-state index in [1.54, 1.807) is 31.0 Å². The van der Waals surface area contributed by atoms with Crippen LogP contribution in [-0.2, 0) is 22.6 Å². The molecule has 2 aromatic carbocycles. The lowest BCUT2D eigenvalue weighted by molar-refractivity contribution is -0.139. The van der Waals surface area contributed by atoms with Crippen LogP contribution in [0.2, 0.25) is 5.02 Å². The number of rotatable bonds is 6. The van der Waals surface area contributed by atoms with Crippen molar-refractivity contribution in [3.05, 3.63) is 70.2 Å². The smallest absolute Gasteiger partial charge is 0.242 e. The van der Waals surface area contributed by atoms with Gasteiger partial charge in [-0.15, -0.1) is 0 Å². The predicted molar refractivity (Wildman–Crippen MR) is 100 cm³/mol. The van der Waals surface area contributed by atoms with Gasteiger partial charge >= 0.3 is 0 Å². The van der Waals surface area contributed by atoms with Crippen LogP contribution < -0.4 is 5.32 Å². The molecular weight excluding hydrogens is 336 g/mol. The standard InChI is InChI=1S/C20H23ClN2O2/c1-14-7-9-16(10-8-14)13-23(15(2)20(25)22-3)19(24)12-17-5-4-6-18(21)11-17/h4-11,15H,12-13H2,1-3H3,(H,22,25)/t15-/m0/s1. The molecule has 0 spiro atoms. The van der Waals surface area contributed by atoms with Crippen molar-refractivity contribution in [1.82, 2.24) is 10.2 Å². The summed E-state index contributed by atoms with van der Waals surface area (Å²) in [6.07, 6.45) is 0.202. The largest absolute Gasteiger partial charge is 0.357 e. The van der Waals surface area contributed by atoms with Crippen LogP contribution in [0.4, 0.5) is 0 Å². The summed E-state index contributed by atoms with van der Waals surface area (Å²) in [4.78, 5) is 26.5. The van der Waals surface area contributed by atoms with Gasteiger partial charge in [0.2, 0.25) is 11.8 Å². The van der Waals surface area contributed by atoms with Gasteiger partial charge in [-0.25, -0.2) is 0 Å². The number of carbonyl (C=O) groups is 2. The number of amides is 2. The summed E-state index contributed by atoms with van der Waals surface area (Å²) in [6.45, 7) is 4.14. The molecule has 25 heavy (non-hydrogen) atoms. The number of aryl methyl sites for hydroxylation is 1. The zero-order valence-electron chi connectivity index (χ0n) is 14.8. The van der Waals surface area contributed by atoms with Crippen molar-refractivity contribution in [3.63, 3.8) is 0 Å². The Morgan fingerprint density at radius 1 is 1.12 bits per heavy atom. The molecule has 0 radical (unpaired) electrons. The fraction of sp³-hybridized carbons (Fsp3) is 0.300. The molecule has 0 aliphatic heterocycles. The average Bonchev–Trinajstić information content (AvgIpc) is 2.59. The molecular formula is C20H23ClN2O2. The fourth-order valence-electron chi connectivity index (χ4n) is 2.60. The first-order valence-corrected chi connectivity index (χ1v) is 8.59. The summed E-state index contributed by atoms with van der Waals surface area (Å²) in [5.41, 5.74) is 2.97. The number of hydrogen-bond donors (Lipinski definition) is 1. The van der Waals surface area contributed by atoms with E-state index in [4.69, 9.17) is 11.6 Å². The lowest BCUT2D eigenvalue weighted by Gasteiger charge is -2.28. The molecule has 0 bridgehead atoms. The predicted octanol–water partition coefficient (Wildman–Crippen LogP) is 3.35. The van der Waals surface area contributed by atoms with E-state index in [1.165, 1.54) is 0 Å². The summed E-state index contributed by atoms with van der Waals surface area (Å²) in [6, 6.07) is 14.6. The minimum atomic E-state index is -0.557. The van der Waals surface area contributed by atoms with Crippen molar-refractivity contribution >= 4 is 23.4 Å². The zero-order chi connectivity index (χ0) is 18.4. The van der Waals surface area contributed by atoms with Crippen molar-refractivity contribution in [2.75, 3.05) is 7.05 Å². The first-order chi connectivity index (χ1) is 11.9. The molecule has 0 aromatic heterocycles. The van der Waals surface area contributed by atoms with Crippen molar-refractivity contribution in [1.29, 1.82) is 0 Å². The topological polar surface area (TPSA) is 49.4 Å². The lowest BCUT2D eigenvalue weighted by Crippen LogP contribution is -2.47. The minimum absolute atomic E-state index is 0.112. The second-order valence-electron chi connectivity index (χ2n) is 6.10. The van der Waals surface area contributed by atoms with E-state index >= 15 is 0 Å². The Labute approximate surface area is 153 Å². The lowest BCUT2D eigenvalue weighted by atomic mass is 10.1. The Morgan fingerprint density at radius 2 is 1.80 bits per heavy atom. The summed E-state index contributed by atoms with van der Waals surface area (Å²) < 4.78 is 0. The third-order valence-corrected chi connectivity index (χ3v) is 4.37. The van der Waals surface area contributed by atoms with Gasteiger partial charge in [-0.3, -0.25) is 9.59 Å². The highest BCUT2D eigenvalue weighted by Gasteiger charge is 2.25. The zero-order valence-corrected chi connectivity index (χ0v) is 15.5. The number of hydrogen-bond acceptors (Lipinski definition) is 2. The molecule has 0 saturated carbocycles. The summed E-state index contributed by atoms with van der Waals surface area (Å²) in [5.74, 6) is -0.300. The van der Waals surface area contributed by atoms with Crippen LogP contribution in [0.25, 0.3) is 0 Å². The van der Waals surface area contributed by atoms with Crippen molar-refractivity contribution in [2.24, 2.45) is 0 Å². The Balaban J connectivity index is 2.21. The SMILES string of the molecule is CNC(=O)[C@H](C)N(Cc1ccc(C)cc1)C(=O)Cc1cccc(Cl)c1. The van der Waals surface area contributed by atoms with Gasteiger partial charge in [0.15, 0.2) is 0 Å². The molecule has 4 nitrogen and oxygen atoms in total. The first-order valence-electron chi connectivity index (χ1n) is 8.21. The molecule has 1 N–H and O–H groups in total. The van der Waals surface area contributed by atoms with Gasteiger partial charge in [0.1, 0.15) is 6.04 Å². The normalized spacial score (nSPS) is 11.7. The van der Waals surface area contributed by atoms with E-state index in [2.05, 4.69) is 5.32 Å². The molecule has 2 rings (SSSR count). The molecule has 5 heteroatoms. The number of halogens is 1.